The standard InChI is InChI=1S/C16H25N3O4/c1-8(2)17-16(22)19(6)11(5)14(20)12-9(3)13(15(21)23-7)18-10(12)4/h8,11,18H,1-7H3,(H,17,22). The van der Waals surface area contributed by atoms with Crippen molar-refractivity contribution in [3.63, 3.8) is 0 Å². The van der Waals surface area contributed by atoms with Gasteiger partial charge in [-0.1, -0.05) is 0 Å². The first-order chi connectivity index (χ1) is 10.6. The number of esters is 1. The highest BCUT2D eigenvalue weighted by Crippen LogP contribution is 2.21. The molecule has 1 atom stereocenters. The highest BCUT2D eigenvalue weighted by molar-refractivity contribution is 6.06. The predicted molar refractivity (Wildman–Crippen MR) is 86.8 cm³/mol. The second-order valence-corrected chi connectivity index (χ2v) is 5.87. The summed E-state index contributed by atoms with van der Waals surface area (Å²) >= 11 is 0. The Morgan fingerprint density at radius 2 is 1.74 bits per heavy atom. The van der Waals surface area contributed by atoms with Crippen molar-refractivity contribution in [3.8, 4) is 0 Å². The van der Waals surface area contributed by atoms with Gasteiger partial charge in [0.15, 0.2) is 5.78 Å². The average Bonchev–Trinajstić information content (AvgIpc) is 2.78. The molecule has 0 aliphatic rings. The molecule has 0 radical (unpaired) electrons. The minimum atomic E-state index is -0.660. The second kappa shape index (κ2) is 7.30. The van der Waals surface area contributed by atoms with Gasteiger partial charge in [0, 0.05) is 24.3 Å². The van der Waals surface area contributed by atoms with Crippen molar-refractivity contribution in [3.05, 3.63) is 22.5 Å². The van der Waals surface area contributed by atoms with Gasteiger partial charge in [-0.2, -0.15) is 0 Å². The van der Waals surface area contributed by atoms with Gasteiger partial charge in [0.25, 0.3) is 0 Å². The fraction of sp³-hybridized carbons (Fsp3) is 0.562. The number of ether oxygens (including phenoxy) is 1. The minimum Gasteiger partial charge on any atom is -0.464 e. The van der Waals surface area contributed by atoms with Crippen molar-refractivity contribution in [1.82, 2.24) is 15.2 Å². The van der Waals surface area contributed by atoms with Crippen LogP contribution in [-0.2, 0) is 4.74 Å². The zero-order valence-corrected chi connectivity index (χ0v) is 14.7. The van der Waals surface area contributed by atoms with Crippen molar-refractivity contribution >= 4 is 17.8 Å². The van der Waals surface area contributed by atoms with Crippen LogP contribution < -0.4 is 5.32 Å². The van der Waals surface area contributed by atoms with Crippen molar-refractivity contribution in [2.24, 2.45) is 0 Å². The number of aromatic nitrogens is 1. The summed E-state index contributed by atoms with van der Waals surface area (Å²) in [6.07, 6.45) is 0. The van der Waals surface area contributed by atoms with Crippen molar-refractivity contribution in [2.75, 3.05) is 14.2 Å². The van der Waals surface area contributed by atoms with Gasteiger partial charge in [0.2, 0.25) is 0 Å². The molecule has 1 aromatic heterocycles. The fourth-order valence-electron chi connectivity index (χ4n) is 2.34. The van der Waals surface area contributed by atoms with E-state index in [1.54, 1.807) is 27.8 Å². The first-order valence-electron chi connectivity index (χ1n) is 7.46. The molecule has 1 aromatic rings. The van der Waals surface area contributed by atoms with Gasteiger partial charge in [0.05, 0.1) is 13.2 Å². The maximum atomic E-state index is 12.7. The minimum absolute atomic E-state index is 0.0195. The maximum Gasteiger partial charge on any atom is 0.354 e. The molecule has 0 aliphatic heterocycles. The van der Waals surface area contributed by atoms with Crippen LogP contribution in [0, 0.1) is 13.8 Å². The number of H-pyrrole nitrogens is 1. The molecule has 0 fully saturated rings. The number of aromatic amines is 1. The van der Waals surface area contributed by atoms with Crippen LogP contribution in [-0.4, -0.2) is 53.9 Å². The number of nitrogens with one attached hydrogen (secondary N) is 2. The van der Waals surface area contributed by atoms with Crippen molar-refractivity contribution < 1.29 is 19.1 Å². The molecule has 0 saturated heterocycles. The van der Waals surface area contributed by atoms with Gasteiger partial charge in [-0.05, 0) is 40.2 Å². The number of nitrogens with zero attached hydrogens (tertiary/aromatic N) is 1. The summed E-state index contributed by atoms with van der Waals surface area (Å²) in [5.41, 5.74) is 1.79. The Hall–Kier alpha value is -2.31. The van der Waals surface area contributed by atoms with Crippen LogP contribution in [0.5, 0.6) is 0 Å². The molecule has 23 heavy (non-hydrogen) atoms. The van der Waals surface area contributed by atoms with Crippen LogP contribution in [0.2, 0.25) is 0 Å². The number of aryl methyl sites for hydroxylation is 1. The summed E-state index contributed by atoms with van der Waals surface area (Å²) in [7, 11) is 2.85. The quantitative estimate of drug-likeness (QED) is 0.641. The van der Waals surface area contributed by atoms with Gasteiger partial charge in [0.1, 0.15) is 5.69 Å². The average molecular weight is 323 g/mol. The Morgan fingerprint density at radius 3 is 2.22 bits per heavy atom. The van der Waals surface area contributed by atoms with Crippen molar-refractivity contribution in [2.45, 2.75) is 46.7 Å². The maximum absolute atomic E-state index is 12.7. The number of hydrogen-bond donors (Lipinski definition) is 2. The zero-order chi connectivity index (χ0) is 17.9. The largest absolute Gasteiger partial charge is 0.464 e. The van der Waals surface area contributed by atoms with E-state index < -0.39 is 12.0 Å². The van der Waals surface area contributed by atoms with Gasteiger partial charge in [-0.25, -0.2) is 9.59 Å². The highest BCUT2D eigenvalue weighted by Gasteiger charge is 2.29. The van der Waals surface area contributed by atoms with E-state index in [1.165, 1.54) is 12.0 Å². The van der Waals surface area contributed by atoms with E-state index >= 15 is 0 Å². The van der Waals surface area contributed by atoms with E-state index in [9.17, 15) is 14.4 Å². The topological polar surface area (TPSA) is 91.5 Å². The first-order valence-corrected chi connectivity index (χ1v) is 7.46. The van der Waals surface area contributed by atoms with E-state index in [0.717, 1.165) is 0 Å². The molecule has 1 rings (SSSR count). The Balaban J connectivity index is 3.08. The van der Waals surface area contributed by atoms with Gasteiger partial charge in [-0.15, -0.1) is 0 Å². The number of amides is 2. The third kappa shape index (κ3) is 3.91. The molecule has 1 heterocycles. The highest BCUT2D eigenvalue weighted by atomic mass is 16.5. The monoisotopic (exact) mass is 323 g/mol. The van der Waals surface area contributed by atoms with E-state index in [4.69, 9.17) is 4.74 Å². The molecule has 2 N–H and O–H groups in total. The fourth-order valence-corrected chi connectivity index (χ4v) is 2.34. The Morgan fingerprint density at radius 1 is 1.17 bits per heavy atom. The number of methoxy groups -OCH3 is 1. The molecular formula is C16H25N3O4. The normalized spacial score (nSPS) is 12.0. The van der Waals surface area contributed by atoms with E-state index in [1.807, 2.05) is 13.8 Å². The molecule has 7 nitrogen and oxygen atoms in total. The molecule has 0 spiro atoms. The molecule has 0 saturated carbocycles. The molecule has 1 unspecified atom stereocenters. The number of urea groups is 1. The van der Waals surface area contributed by atoms with Gasteiger partial charge in [-0.3, -0.25) is 4.79 Å². The lowest BCUT2D eigenvalue weighted by atomic mass is 10.0. The lowest BCUT2D eigenvalue weighted by Crippen LogP contribution is -2.47. The molecule has 128 valence electrons. The lowest BCUT2D eigenvalue weighted by Gasteiger charge is -2.25. The number of likely N-dealkylation sites (N-methyl/N-ethyl adjacent to an activating group) is 1. The van der Waals surface area contributed by atoms with Crippen LogP contribution in [0.15, 0.2) is 0 Å². The molecule has 7 heteroatoms. The lowest BCUT2D eigenvalue weighted by molar-refractivity contribution is 0.0593. The van der Waals surface area contributed by atoms with Crippen LogP contribution in [0.3, 0.4) is 0 Å². The van der Waals surface area contributed by atoms with Gasteiger partial charge >= 0.3 is 12.0 Å². The summed E-state index contributed by atoms with van der Waals surface area (Å²) in [5.74, 6) is -0.754. The Kier molecular flexibility index (Phi) is 5.95. The van der Waals surface area contributed by atoms with Crippen molar-refractivity contribution in [1.29, 1.82) is 0 Å². The number of carbonyl (C=O) groups excluding carboxylic acids is 3. The molecule has 0 aromatic carbocycles. The smallest absolute Gasteiger partial charge is 0.354 e. The summed E-state index contributed by atoms with van der Waals surface area (Å²) in [6.45, 7) is 8.76. The summed E-state index contributed by atoms with van der Waals surface area (Å²) in [6, 6.07) is -0.999. The molecule has 2 amide bonds. The Labute approximate surface area is 136 Å². The Bertz CT molecular complexity index is 619. The second-order valence-electron chi connectivity index (χ2n) is 5.87. The summed E-state index contributed by atoms with van der Waals surface area (Å²) in [5, 5.41) is 2.74. The number of hydrogen-bond acceptors (Lipinski definition) is 4. The van der Waals surface area contributed by atoms with Crippen LogP contribution in [0.25, 0.3) is 0 Å². The van der Waals surface area contributed by atoms with Crippen LogP contribution >= 0.6 is 0 Å². The van der Waals surface area contributed by atoms with E-state index in [2.05, 4.69) is 10.3 Å². The molecule has 0 bridgehead atoms. The van der Waals surface area contributed by atoms with E-state index in [0.29, 0.717) is 16.8 Å². The van der Waals surface area contributed by atoms with Gasteiger partial charge < -0.3 is 19.9 Å². The predicted octanol–water partition coefficient (Wildman–Crippen LogP) is 2.04. The third-order valence-electron chi connectivity index (χ3n) is 3.77. The number of Topliss-reactive ketones (excluding diaryl/α,β-unsaturated/α-hetero) is 1. The number of carbonyl (C=O) groups is 3. The van der Waals surface area contributed by atoms with Crippen LogP contribution in [0.1, 0.15) is 52.9 Å². The molecular weight excluding hydrogens is 298 g/mol. The molecule has 0 aliphatic carbocycles. The third-order valence-corrected chi connectivity index (χ3v) is 3.77. The SMILES string of the molecule is COC(=O)c1[nH]c(C)c(C(=O)C(C)N(C)C(=O)NC(C)C)c1C. The summed E-state index contributed by atoms with van der Waals surface area (Å²) in [4.78, 5) is 40.7. The summed E-state index contributed by atoms with van der Waals surface area (Å²) < 4.78 is 4.70. The number of rotatable bonds is 5. The van der Waals surface area contributed by atoms with Crippen LogP contribution in [0.4, 0.5) is 4.79 Å². The van der Waals surface area contributed by atoms with E-state index in [-0.39, 0.29) is 23.6 Å². The zero-order valence-electron chi connectivity index (χ0n) is 14.7. The number of ketones is 1. The first kappa shape index (κ1) is 18.7.